The van der Waals surface area contributed by atoms with Gasteiger partial charge in [0.25, 0.3) is 0 Å². The van der Waals surface area contributed by atoms with Gasteiger partial charge in [0.2, 0.25) is 0 Å². The molecule has 236 valence electrons. The molecule has 2 aromatic carbocycles. The standard InChI is InChI=1S/C45H56/c1-38-17-32-31-16-44(25-42(32,5)37(21-38)45(26-44,35(31)18-38)29-9-7-6-8-10-29)28-13-11-27(12-14-28)43-19-33-30-15-39(2)23-40(33,3)36(22-43)41(4,24-39)34(30)20-43/h6-14,30-37H,15-26H2,1-5H3. The lowest BCUT2D eigenvalue weighted by Crippen LogP contribution is -2.77. The number of rotatable bonds is 3. The van der Waals surface area contributed by atoms with E-state index in [1.165, 1.54) is 70.6 Å². The van der Waals surface area contributed by atoms with Gasteiger partial charge in [-0.15, -0.1) is 0 Å². The third-order valence-electron chi connectivity index (χ3n) is 20.0. The van der Waals surface area contributed by atoms with Crippen LogP contribution in [0.5, 0.6) is 0 Å². The van der Waals surface area contributed by atoms with Crippen molar-refractivity contribution >= 4 is 0 Å². The van der Waals surface area contributed by atoms with E-state index >= 15 is 0 Å². The fourth-order valence-electron chi connectivity index (χ4n) is 19.7. The van der Waals surface area contributed by atoms with Crippen molar-refractivity contribution in [3.8, 4) is 0 Å². The van der Waals surface area contributed by atoms with Gasteiger partial charge in [-0.2, -0.15) is 0 Å². The van der Waals surface area contributed by atoms with Crippen molar-refractivity contribution in [2.24, 2.45) is 74.4 Å². The zero-order valence-corrected chi connectivity index (χ0v) is 28.8. The van der Waals surface area contributed by atoms with Crippen molar-refractivity contribution in [1.82, 2.24) is 0 Å². The maximum absolute atomic E-state index is 2.80. The molecule has 0 heteroatoms. The van der Waals surface area contributed by atoms with Crippen LogP contribution in [0.2, 0.25) is 0 Å². The molecule has 0 N–H and O–H groups in total. The van der Waals surface area contributed by atoms with Crippen molar-refractivity contribution in [2.75, 3.05) is 0 Å². The summed E-state index contributed by atoms with van der Waals surface area (Å²) in [6.07, 6.45) is 17.9. The third-order valence-corrected chi connectivity index (χ3v) is 20.0. The quantitative estimate of drug-likeness (QED) is 0.331. The first-order valence-corrected chi connectivity index (χ1v) is 19.5. The van der Waals surface area contributed by atoms with Gasteiger partial charge < -0.3 is 0 Å². The third kappa shape index (κ3) is 2.63. The van der Waals surface area contributed by atoms with Crippen molar-refractivity contribution in [3.63, 3.8) is 0 Å². The molecule has 0 spiro atoms. The van der Waals surface area contributed by atoms with Crippen molar-refractivity contribution < 1.29 is 0 Å². The van der Waals surface area contributed by atoms with Crippen molar-refractivity contribution in [3.05, 3.63) is 71.3 Å². The second kappa shape index (κ2) is 7.22. The van der Waals surface area contributed by atoms with Gasteiger partial charge in [-0.25, -0.2) is 0 Å². The molecule has 0 aliphatic heterocycles. The highest BCUT2D eigenvalue weighted by atomic mass is 14.8. The van der Waals surface area contributed by atoms with E-state index in [0.717, 1.165) is 47.3 Å². The Bertz CT molecular complexity index is 1640. The molecule has 12 atom stereocenters. The largest absolute Gasteiger partial charge is 0.0622 e. The highest BCUT2D eigenvalue weighted by Gasteiger charge is 2.80. The molecule has 0 heterocycles. The predicted octanol–water partition coefficient (Wildman–Crippen LogP) is 10.9. The van der Waals surface area contributed by atoms with Crippen LogP contribution in [-0.4, -0.2) is 0 Å². The van der Waals surface area contributed by atoms with Crippen molar-refractivity contribution in [1.29, 1.82) is 0 Å². The smallest absolute Gasteiger partial charge is 0.00264 e. The minimum Gasteiger partial charge on any atom is -0.0622 e. The van der Waals surface area contributed by atoms with E-state index in [4.69, 9.17) is 0 Å². The first kappa shape index (κ1) is 26.4. The van der Waals surface area contributed by atoms with Crippen LogP contribution in [0.4, 0.5) is 0 Å². The second-order valence-electron chi connectivity index (χ2n) is 21.9. The molecule has 16 rings (SSSR count). The summed E-state index contributed by atoms with van der Waals surface area (Å²) in [6, 6.07) is 23.0. The van der Waals surface area contributed by atoms with E-state index in [0.29, 0.717) is 43.3 Å². The van der Waals surface area contributed by atoms with E-state index in [2.05, 4.69) is 89.2 Å². The van der Waals surface area contributed by atoms with Crippen LogP contribution in [0.25, 0.3) is 0 Å². The first-order chi connectivity index (χ1) is 21.4. The normalized spacial score (nSPS) is 62.9. The maximum atomic E-state index is 2.80. The van der Waals surface area contributed by atoms with Gasteiger partial charge in [0.1, 0.15) is 0 Å². The van der Waals surface area contributed by atoms with E-state index < -0.39 is 0 Å². The van der Waals surface area contributed by atoms with Gasteiger partial charge in [0, 0.05) is 5.41 Å². The minimum absolute atomic E-state index is 0.373. The molecule has 0 radical (unpaired) electrons. The Balaban J connectivity index is 0.945. The van der Waals surface area contributed by atoms with E-state index in [9.17, 15) is 0 Å². The fraction of sp³-hybridized carbons (Fsp3) is 0.733. The molecule has 0 nitrogen and oxygen atoms in total. The zero-order chi connectivity index (χ0) is 30.2. The summed E-state index contributed by atoms with van der Waals surface area (Å²) in [7, 11) is 0. The van der Waals surface area contributed by atoms with Gasteiger partial charge in [-0.05, 0) is 179 Å². The lowest BCUT2D eigenvalue weighted by atomic mass is 9.22. The average Bonchev–Trinajstić information content (AvgIpc) is 3.01. The van der Waals surface area contributed by atoms with Crippen LogP contribution in [0.15, 0.2) is 54.6 Å². The minimum atomic E-state index is 0.373. The van der Waals surface area contributed by atoms with Crippen LogP contribution >= 0.6 is 0 Å². The van der Waals surface area contributed by atoms with E-state index in [1.54, 1.807) is 23.1 Å². The summed E-state index contributed by atoms with van der Waals surface area (Å²) < 4.78 is 0. The molecular weight excluding hydrogens is 540 g/mol. The molecule has 14 fully saturated rings. The molecule has 14 aliphatic carbocycles. The van der Waals surface area contributed by atoms with Gasteiger partial charge in [0.15, 0.2) is 0 Å². The Morgan fingerprint density at radius 3 is 1.69 bits per heavy atom. The molecule has 45 heavy (non-hydrogen) atoms. The van der Waals surface area contributed by atoms with Crippen LogP contribution < -0.4 is 0 Å². The Labute approximate surface area is 272 Å². The topological polar surface area (TPSA) is 0 Å². The van der Waals surface area contributed by atoms with Crippen molar-refractivity contribution in [2.45, 2.75) is 128 Å². The molecule has 0 aromatic heterocycles. The number of benzene rings is 2. The summed E-state index contributed by atoms with van der Waals surface area (Å²) >= 11 is 0. The Morgan fingerprint density at radius 1 is 0.422 bits per heavy atom. The van der Waals surface area contributed by atoms with Gasteiger partial charge in [-0.1, -0.05) is 89.2 Å². The number of hydrogen-bond donors (Lipinski definition) is 0. The van der Waals surface area contributed by atoms with E-state index in [-0.39, 0.29) is 0 Å². The molecule has 14 saturated carbocycles. The second-order valence-corrected chi connectivity index (χ2v) is 21.9. The molecule has 2 aromatic rings. The van der Waals surface area contributed by atoms with E-state index in [1.807, 2.05) is 0 Å². The van der Waals surface area contributed by atoms with Crippen LogP contribution in [0, 0.1) is 74.4 Å². The van der Waals surface area contributed by atoms with Gasteiger partial charge in [0.05, 0.1) is 0 Å². The van der Waals surface area contributed by atoms with Gasteiger partial charge >= 0.3 is 0 Å². The average molecular weight is 597 g/mol. The molecular formula is C45H56. The summed E-state index contributed by atoms with van der Waals surface area (Å²) in [6.45, 7) is 13.7. The Kier molecular flexibility index (Phi) is 4.24. The highest BCUT2D eigenvalue weighted by Crippen LogP contribution is 2.86. The Morgan fingerprint density at radius 2 is 1.00 bits per heavy atom. The number of hydrogen-bond acceptors (Lipinski definition) is 0. The lowest BCUT2D eigenvalue weighted by molar-refractivity contribution is -0.315. The molecule has 12 unspecified atom stereocenters. The Hall–Kier alpha value is -1.56. The molecule has 16 bridgehead atoms. The van der Waals surface area contributed by atoms with Crippen LogP contribution in [0.3, 0.4) is 0 Å². The maximum Gasteiger partial charge on any atom is 0.00264 e. The molecule has 0 amide bonds. The van der Waals surface area contributed by atoms with Gasteiger partial charge in [-0.3, -0.25) is 0 Å². The fourth-order valence-corrected chi connectivity index (χ4v) is 19.7. The lowest BCUT2D eigenvalue weighted by Gasteiger charge is -2.82. The zero-order valence-electron chi connectivity index (χ0n) is 28.8. The monoisotopic (exact) mass is 596 g/mol. The predicted molar refractivity (Wildman–Crippen MR) is 182 cm³/mol. The SMILES string of the molecule is CC12CC3C4CC5(c6ccc(C78CC9C%10CC%11(C)CC9(C)C(C7)C(C)(C%11)C%10C8)cc6)CC3(C)C(C1)C(c1ccccc1)(C5)C4C2. The summed E-state index contributed by atoms with van der Waals surface area (Å²) in [5.74, 6) is 7.62. The van der Waals surface area contributed by atoms with Crippen LogP contribution in [-0.2, 0) is 16.2 Å². The highest BCUT2D eigenvalue weighted by molar-refractivity contribution is 5.46. The molecule has 0 saturated heterocycles. The summed E-state index contributed by atoms with van der Waals surface area (Å²) in [4.78, 5) is 0. The first-order valence-electron chi connectivity index (χ1n) is 19.5. The molecule has 14 aliphatic rings. The summed E-state index contributed by atoms with van der Waals surface area (Å²) in [5.41, 5.74) is 9.40. The summed E-state index contributed by atoms with van der Waals surface area (Å²) in [5, 5.41) is 0. The van der Waals surface area contributed by atoms with Crippen LogP contribution in [0.1, 0.15) is 128 Å².